The highest BCUT2D eigenvalue weighted by Crippen LogP contribution is 2.40. The predicted octanol–water partition coefficient (Wildman–Crippen LogP) is 5.06. The Hall–Kier alpha value is -2.01. The third-order valence-corrected chi connectivity index (χ3v) is 6.07. The number of aromatic nitrogens is 3. The molecular weight excluding hydrogens is 328 g/mol. The number of nitrogens with zero attached hydrogens (tertiary/aromatic N) is 3. The molecule has 3 heterocycles. The van der Waals surface area contributed by atoms with E-state index < -0.39 is 0 Å². The summed E-state index contributed by atoms with van der Waals surface area (Å²) in [7, 11) is 0. The van der Waals surface area contributed by atoms with Crippen LogP contribution in [0.1, 0.15) is 49.4 Å². The van der Waals surface area contributed by atoms with Crippen LogP contribution >= 0.6 is 11.3 Å². The van der Waals surface area contributed by atoms with Crippen LogP contribution in [0.15, 0.2) is 19.0 Å². The Balaban J connectivity index is 1.95. The van der Waals surface area contributed by atoms with Crippen molar-refractivity contribution in [2.45, 2.75) is 51.9 Å². The van der Waals surface area contributed by atoms with Gasteiger partial charge < -0.3 is 5.32 Å². The van der Waals surface area contributed by atoms with E-state index in [0.717, 1.165) is 33.7 Å². The van der Waals surface area contributed by atoms with Gasteiger partial charge in [-0.05, 0) is 49.7 Å². The molecule has 5 heteroatoms. The maximum absolute atomic E-state index is 5.09. The molecule has 0 amide bonds. The summed E-state index contributed by atoms with van der Waals surface area (Å²) in [6.07, 6.45) is 11.9. The van der Waals surface area contributed by atoms with Gasteiger partial charge in [-0.25, -0.2) is 15.0 Å². The van der Waals surface area contributed by atoms with Crippen molar-refractivity contribution < 1.29 is 0 Å². The van der Waals surface area contributed by atoms with Crippen LogP contribution in [-0.2, 0) is 19.3 Å². The zero-order chi connectivity index (χ0) is 17.2. The van der Waals surface area contributed by atoms with E-state index in [1.54, 1.807) is 17.7 Å². The Morgan fingerprint density at radius 3 is 2.88 bits per heavy atom. The molecule has 1 aliphatic carbocycles. The summed E-state index contributed by atoms with van der Waals surface area (Å²) in [6, 6.07) is 0. The number of aryl methyl sites for hydroxylation is 2. The first kappa shape index (κ1) is 16.5. The smallest absolute Gasteiger partial charge is 0.147 e. The van der Waals surface area contributed by atoms with E-state index in [2.05, 4.69) is 28.8 Å². The Kier molecular flexibility index (Phi) is 4.66. The monoisotopic (exact) mass is 352 g/mol. The Labute approximate surface area is 152 Å². The van der Waals surface area contributed by atoms with Gasteiger partial charge >= 0.3 is 0 Å². The molecule has 0 bridgehead atoms. The zero-order valence-corrected chi connectivity index (χ0v) is 15.6. The van der Waals surface area contributed by atoms with E-state index in [0.29, 0.717) is 6.54 Å². The number of nitrogens with one attached hydrogen (secondary N) is 1. The number of hydrogen-bond donors (Lipinski definition) is 1. The molecule has 0 fully saturated rings. The second-order valence-corrected chi connectivity index (χ2v) is 7.68. The molecule has 1 N–H and O–H groups in total. The predicted molar refractivity (Wildman–Crippen MR) is 107 cm³/mol. The molecule has 4 nitrogen and oxygen atoms in total. The zero-order valence-electron chi connectivity index (χ0n) is 14.8. The molecule has 0 saturated carbocycles. The van der Waals surface area contributed by atoms with Gasteiger partial charge in [0.2, 0.25) is 0 Å². The molecule has 3 aromatic heterocycles. The summed E-state index contributed by atoms with van der Waals surface area (Å²) in [5, 5.41) is 4.62. The molecule has 0 radical (unpaired) electrons. The molecule has 0 aromatic carbocycles. The van der Waals surface area contributed by atoms with Gasteiger partial charge in [0, 0.05) is 17.6 Å². The minimum absolute atomic E-state index is 0.702. The lowest BCUT2D eigenvalue weighted by atomic mass is 9.87. The van der Waals surface area contributed by atoms with Crippen molar-refractivity contribution in [2.24, 2.45) is 0 Å². The van der Waals surface area contributed by atoms with Crippen LogP contribution in [0.2, 0.25) is 0 Å². The fourth-order valence-electron chi connectivity index (χ4n) is 3.78. The first-order chi connectivity index (χ1) is 12.3. The highest BCUT2D eigenvalue weighted by Gasteiger charge is 2.22. The third-order valence-electron chi connectivity index (χ3n) is 4.99. The van der Waals surface area contributed by atoms with Crippen LogP contribution in [0.25, 0.3) is 20.4 Å². The van der Waals surface area contributed by atoms with Gasteiger partial charge in [0.1, 0.15) is 17.0 Å². The highest BCUT2D eigenvalue weighted by atomic mass is 32.1. The molecule has 0 unspecified atom stereocenters. The van der Waals surface area contributed by atoms with Gasteiger partial charge in [0.25, 0.3) is 0 Å². The molecule has 0 saturated heterocycles. The normalized spacial score (nSPS) is 14.0. The minimum atomic E-state index is 0.702. The van der Waals surface area contributed by atoms with E-state index >= 15 is 0 Å². The van der Waals surface area contributed by atoms with E-state index in [4.69, 9.17) is 4.98 Å². The fourth-order valence-corrected chi connectivity index (χ4v) is 4.93. The summed E-state index contributed by atoms with van der Waals surface area (Å²) in [4.78, 5) is 15.3. The molecule has 4 rings (SSSR count). The molecule has 0 spiro atoms. The van der Waals surface area contributed by atoms with Crippen molar-refractivity contribution in [3.63, 3.8) is 0 Å². The van der Waals surface area contributed by atoms with Crippen molar-refractivity contribution in [3.05, 3.63) is 35.8 Å². The second kappa shape index (κ2) is 7.08. The first-order valence-electron chi connectivity index (χ1n) is 9.26. The van der Waals surface area contributed by atoms with Crippen LogP contribution in [0.3, 0.4) is 0 Å². The summed E-state index contributed by atoms with van der Waals surface area (Å²) in [5.41, 5.74) is 5.39. The number of unbranched alkanes of at least 4 members (excludes halogenated alkanes) is 1. The van der Waals surface area contributed by atoms with E-state index in [1.807, 2.05) is 6.08 Å². The number of rotatable bonds is 6. The summed E-state index contributed by atoms with van der Waals surface area (Å²) in [5.74, 6) is 0.896. The standard InChI is InChI=1S/C20H24N4S/c1-3-5-10-15-13-8-6-7-9-14(13)16-17-18(25-20(16)24-15)19(21-11-4-2)23-12-22-17/h4,12H,2-3,5-11H2,1H3,(H,21,22,23). The molecule has 0 atom stereocenters. The second-order valence-electron chi connectivity index (χ2n) is 6.68. The van der Waals surface area contributed by atoms with Gasteiger partial charge in [-0.3, -0.25) is 0 Å². The molecule has 130 valence electrons. The van der Waals surface area contributed by atoms with Crippen molar-refractivity contribution in [1.82, 2.24) is 15.0 Å². The van der Waals surface area contributed by atoms with Gasteiger partial charge in [0.15, 0.2) is 0 Å². The Morgan fingerprint density at radius 1 is 1.24 bits per heavy atom. The van der Waals surface area contributed by atoms with Crippen molar-refractivity contribution in [1.29, 1.82) is 0 Å². The minimum Gasteiger partial charge on any atom is -0.365 e. The van der Waals surface area contributed by atoms with Gasteiger partial charge in [-0.2, -0.15) is 0 Å². The molecular formula is C20H24N4S. The lowest BCUT2D eigenvalue weighted by Crippen LogP contribution is -2.09. The van der Waals surface area contributed by atoms with Gasteiger partial charge in [0.05, 0.1) is 10.2 Å². The maximum atomic E-state index is 5.09. The van der Waals surface area contributed by atoms with Gasteiger partial charge in [-0.15, -0.1) is 17.9 Å². The highest BCUT2D eigenvalue weighted by molar-refractivity contribution is 7.26. The van der Waals surface area contributed by atoms with Gasteiger partial charge in [-0.1, -0.05) is 19.4 Å². The third kappa shape index (κ3) is 2.91. The van der Waals surface area contributed by atoms with E-state index in [-0.39, 0.29) is 0 Å². The van der Waals surface area contributed by atoms with E-state index in [9.17, 15) is 0 Å². The number of pyridine rings is 1. The van der Waals surface area contributed by atoms with Crippen LogP contribution in [0.4, 0.5) is 5.82 Å². The molecule has 3 aromatic rings. The molecule has 1 aliphatic rings. The Morgan fingerprint density at radius 2 is 2.08 bits per heavy atom. The van der Waals surface area contributed by atoms with Crippen LogP contribution < -0.4 is 5.32 Å². The first-order valence-corrected chi connectivity index (χ1v) is 10.1. The number of fused-ring (bicyclic) bond motifs is 5. The largest absolute Gasteiger partial charge is 0.365 e. The van der Waals surface area contributed by atoms with Crippen LogP contribution in [0.5, 0.6) is 0 Å². The average molecular weight is 353 g/mol. The SMILES string of the molecule is C=CCNc1ncnc2c1sc1nc(CCCC)c3c(c12)CCCC3. The average Bonchev–Trinajstić information content (AvgIpc) is 3.03. The van der Waals surface area contributed by atoms with Crippen molar-refractivity contribution in [3.8, 4) is 0 Å². The molecule has 25 heavy (non-hydrogen) atoms. The Bertz CT molecular complexity index is 928. The molecule has 0 aliphatic heterocycles. The van der Waals surface area contributed by atoms with Crippen LogP contribution in [0, 0.1) is 0 Å². The summed E-state index contributed by atoms with van der Waals surface area (Å²) >= 11 is 1.73. The van der Waals surface area contributed by atoms with E-state index in [1.165, 1.54) is 54.3 Å². The lowest BCUT2D eigenvalue weighted by molar-refractivity contribution is 0.670. The topological polar surface area (TPSA) is 50.7 Å². The number of anilines is 1. The number of thiophene rings is 1. The summed E-state index contributed by atoms with van der Waals surface area (Å²) in [6.45, 7) is 6.73. The van der Waals surface area contributed by atoms with Crippen molar-refractivity contribution >= 4 is 37.6 Å². The van der Waals surface area contributed by atoms with Crippen molar-refractivity contribution in [2.75, 3.05) is 11.9 Å². The lowest BCUT2D eigenvalue weighted by Gasteiger charge is -2.20. The quantitative estimate of drug-likeness (QED) is 0.630. The fraction of sp³-hybridized carbons (Fsp3) is 0.450. The maximum Gasteiger partial charge on any atom is 0.147 e. The number of hydrogen-bond acceptors (Lipinski definition) is 5. The van der Waals surface area contributed by atoms with Crippen LogP contribution in [-0.4, -0.2) is 21.5 Å². The summed E-state index contributed by atoms with van der Waals surface area (Å²) < 4.78 is 1.12.